The second-order valence-corrected chi connectivity index (χ2v) is 9.68. The van der Waals surface area contributed by atoms with Gasteiger partial charge in [0, 0.05) is 34.3 Å². The molecule has 0 saturated carbocycles. The summed E-state index contributed by atoms with van der Waals surface area (Å²) >= 11 is 12.2. The number of nitrogen functional groups attached to an aromatic ring is 1. The van der Waals surface area contributed by atoms with E-state index in [0.29, 0.717) is 33.2 Å². The number of carbonyl (C=O) groups excluding carboxylic acids is 1. The predicted octanol–water partition coefficient (Wildman–Crippen LogP) is 4.50. The molecule has 0 aliphatic carbocycles. The largest absolute Gasteiger partial charge is 0.384 e. The first-order valence-electron chi connectivity index (χ1n) is 12.0. The number of benzene rings is 3. The summed E-state index contributed by atoms with van der Waals surface area (Å²) < 4.78 is 2.76. The van der Waals surface area contributed by atoms with E-state index in [-0.39, 0.29) is 17.4 Å². The second-order valence-electron chi connectivity index (χ2n) is 8.85. The Morgan fingerprint density at radius 1 is 1.02 bits per heavy atom. The number of hydrogen-bond acceptors (Lipinski definition) is 6. The fourth-order valence-electron chi connectivity index (χ4n) is 4.18. The molecule has 0 radical (unpaired) electrons. The Labute approximate surface area is 238 Å². The number of hydrogen-bond donors (Lipinski definition) is 3. The lowest BCUT2D eigenvalue weighted by molar-refractivity contribution is -0.119. The highest BCUT2D eigenvalue weighted by Gasteiger charge is 2.23. The summed E-state index contributed by atoms with van der Waals surface area (Å²) in [6.45, 7) is 0. The topological polar surface area (TPSA) is 145 Å². The molecule has 4 N–H and O–H groups in total. The number of halogens is 2. The Balaban J connectivity index is 1.51. The smallest absolute Gasteiger partial charge is 0.254 e. The van der Waals surface area contributed by atoms with Crippen molar-refractivity contribution in [2.45, 2.75) is 12.5 Å². The quantitative estimate of drug-likeness (QED) is 0.184. The van der Waals surface area contributed by atoms with Crippen LogP contribution in [0.15, 0.2) is 96.2 Å². The highest BCUT2D eigenvalue weighted by Crippen LogP contribution is 2.28. The molecule has 0 aliphatic rings. The summed E-state index contributed by atoms with van der Waals surface area (Å²) in [5.41, 5.74) is 8.43. The average Bonchev–Trinajstić information content (AvgIpc) is 3.38. The molecule has 0 aliphatic heterocycles. The van der Waals surface area contributed by atoms with Crippen LogP contribution >= 0.6 is 23.2 Å². The number of anilines is 1. The molecule has 2 aromatic heterocycles. The van der Waals surface area contributed by atoms with Gasteiger partial charge in [-0.15, -0.1) is 5.10 Å². The third-order valence-electron chi connectivity index (χ3n) is 6.16. The summed E-state index contributed by atoms with van der Waals surface area (Å²) in [4.78, 5) is 31.5. The van der Waals surface area contributed by atoms with Crippen LogP contribution in [0.1, 0.15) is 17.2 Å². The van der Waals surface area contributed by atoms with E-state index in [4.69, 9.17) is 34.3 Å². The Bertz CT molecular complexity index is 1750. The first-order valence-corrected chi connectivity index (χ1v) is 12.8. The number of amidine groups is 1. The molecule has 1 atom stereocenters. The maximum atomic E-state index is 13.5. The lowest BCUT2D eigenvalue weighted by Crippen LogP contribution is -2.34. The van der Waals surface area contributed by atoms with Gasteiger partial charge in [-0.25, -0.2) is 9.67 Å². The third-order valence-corrected chi connectivity index (χ3v) is 6.56. The first kappa shape index (κ1) is 26.8. The van der Waals surface area contributed by atoms with Crippen molar-refractivity contribution in [1.29, 1.82) is 5.41 Å². The Hall–Kier alpha value is -4.80. The number of nitrogens with zero attached hydrogens (tertiary/aromatic N) is 5. The van der Waals surface area contributed by atoms with Gasteiger partial charge in [0.25, 0.3) is 5.56 Å². The second kappa shape index (κ2) is 11.5. The van der Waals surface area contributed by atoms with Crippen molar-refractivity contribution >= 4 is 40.6 Å². The normalized spacial score (nSPS) is 11.7. The van der Waals surface area contributed by atoms with Crippen LogP contribution < -0.4 is 16.6 Å². The Morgan fingerprint density at radius 3 is 2.42 bits per heavy atom. The van der Waals surface area contributed by atoms with Crippen molar-refractivity contribution < 1.29 is 4.79 Å². The van der Waals surface area contributed by atoms with E-state index in [1.54, 1.807) is 42.5 Å². The molecule has 3 aromatic carbocycles. The number of carbonyl (C=O) groups is 1. The predicted molar refractivity (Wildman–Crippen MR) is 154 cm³/mol. The molecule has 5 aromatic rings. The Morgan fingerprint density at radius 2 is 1.77 bits per heavy atom. The van der Waals surface area contributed by atoms with E-state index in [9.17, 15) is 9.59 Å². The van der Waals surface area contributed by atoms with E-state index in [1.165, 1.54) is 27.8 Å². The van der Waals surface area contributed by atoms with Crippen LogP contribution in [0.25, 0.3) is 16.9 Å². The molecule has 12 heteroatoms. The molecule has 2 heterocycles. The van der Waals surface area contributed by atoms with E-state index in [0.717, 1.165) is 5.56 Å². The molecule has 0 saturated heterocycles. The molecule has 0 spiro atoms. The summed E-state index contributed by atoms with van der Waals surface area (Å²) in [6.07, 6.45) is 3.13. The summed E-state index contributed by atoms with van der Waals surface area (Å²) in [7, 11) is 0. The van der Waals surface area contributed by atoms with Crippen molar-refractivity contribution in [3.8, 4) is 16.9 Å². The van der Waals surface area contributed by atoms with E-state index < -0.39 is 17.5 Å². The first-order chi connectivity index (χ1) is 19.3. The summed E-state index contributed by atoms with van der Waals surface area (Å²) in [5.74, 6) is -0.482. The van der Waals surface area contributed by atoms with Gasteiger partial charge in [-0.05, 0) is 48.0 Å². The number of nitrogens with one attached hydrogen (secondary N) is 2. The van der Waals surface area contributed by atoms with Gasteiger partial charge in [-0.3, -0.25) is 19.6 Å². The molecule has 200 valence electrons. The van der Waals surface area contributed by atoms with Gasteiger partial charge in [0.2, 0.25) is 5.91 Å². The van der Waals surface area contributed by atoms with Crippen molar-refractivity contribution in [3.63, 3.8) is 0 Å². The zero-order valence-corrected chi connectivity index (χ0v) is 22.3. The van der Waals surface area contributed by atoms with Crippen LogP contribution in [-0.2, 0) is 11.2 Å². The molecular weight excluding hydrogens is 551 g/mol. The van der Waals surface area contributed by atoms with Crippen LogP contribution in [0.4, 0.5) is 5.69 Å². The van der Waals surface area contributed by atoms with Gasteiger partial charge in [0.15, 0.2) is 5.15 Å². The number of nitrogens with two attached hydrogens (primary N) is 1. The zero-order chi connectivity index (χ0) is 28.2. The standard InChI is InChI=1S/C28H22Cl2N8O2/c29-19-8-11-23(38-15-25(30)35-36-38)21(13-19)22-14-26(39)37(16-33-22)24(12-17-4-2-1-3-5-17)28(40)34-20-9-6-18(7-10-20)27(31)32/h1-11,13-16,24H,12H2,(H3,31,32)(H,34,40)/t24-/m0/s1. The van der Waals surface area contributed by atoms with Crippen LogP contribution in [-0.4, -0.2) is 36.3 Å². The van der Waals surface area contributed by atoms with Gasteiger partial charge in [0.05, 0.1) is 23.9 Å². The monoisotopic (exact) mass is 572 g/mol. The molecule has 0 unspecified atom stereocenters. The van der Waals surface area contributed by atoms with Crippen LogP contribution in [0.5, 0.6) is 0 Å². The van der Waals surface area contributed by atoms with E-state index in [2.05, 4.69) is 20.6 Å². The van der Waals surface area contributed by atoms with Crippen molar-refractivity contribution in [3.05, 3.63) is 123 Å². The van der Waals surface area contributed by atoms with Crippen LogP contribution in [0.2, 0.25) is 10.2 Å². The van der Waals surface area contributed by atoms with Crippen molar-refractivity contribution in [2.75, 3.05) is 5.32 Å². The molecule has 0 fully saturated rings. The van der Waals surface area contributed by atoms with Crippen LogP contribution in [0, 0.1) is 5.41 Å². The molecule has 40 heavy (non-hydrogen) atoms. The summed E-state index contributed by atoms with van der Waals surface area (Å²) in [5, 5.41) is 18.9. The van der Waals surface area contributed by atoms with Crippen LogP contribution in [0.3, 0.4) is 0 Å². The lowest BCUT2D eigenvalue weighted by atomic mass is 10.0. The van der Waals surface area contributed by atoms with Crippen molar-refractivity contribution in [2.24, 2.45) is 5.73 Å². The highest BCUT2D eigenvalue weighted by molar-refractivity contribution is 6.31. The highest BCUT2D eigenvalue weighted by atomic mass is 35.5. The molecule has 1 amide bonds. The lowest BCUT2D eigenvalue weighted by Gasteiger charge is -2.20. The fraction of sp³-hybridized carbons (Fsp3) is 0.0714. The summed E-state index contributed by atoms with van der Waals surface area (Å²) in [6, 6.07) is 21.5. The zero-order valence-electron chi connectivity index (χ0n) is 20.8. The van der Waals surface area contributed by atoms with Gasteiger partial charge in [-0.1, -0.05) is 58.7 Å². The van der Waals surface area contributed by atoms with E-state index in [1.807, 2.05) is 30.3 Å². The molecule has 5 rings (SSSR count). The van der Waals surface area contributed by atoms with Gasteiger partial charge in [-0.2, -0.15) is 0 Å². The molecular formula is C28H22Cl2N8O2. The minimum atomic E-state index is -0.906. The SMILES string of the molecule is N=C(N)c1ccc(NC(=O)[C@H](Cc2ccccc2)n2cnc(-c3cc(Cl)ccc3-n3cc(Cl)nn3)cc2=O)cc1. The average molecular weight is 573 g/mol. The number of aromatic nitrogens is 5. The van der Waals surface area contributed by atoms with Crippen molar-refractivity contribution in [1.82, 2.24) is 24.5 Å². The third kappa shape index (κ3) is 5.93. The van der Waals surface area contributed by atoms with Gasteiger partial charge < -0.3 is 11.1 Å². The molecule has 10 nitrogen and oxygen atoms in total. The minimum absolute atomic E-state index is 0.0766. The fourth-order valence-corrected chi connectivity index (χ4v) is 4.48. The van der Waals surface area contributed by atoms with Gasteiger partial charge in [0.1, 0.15) is 11.9 Å². The Kier molecular flexibility index (Phi) is 7.72. The van der Waals surface area contributed by atoms with E-state index >= 15 is 0 Å². The number of rotatable bonds is 8. The minimum Gasteiger partial charge on any atom is -0.384 e. The molecule has 0 bridgehead atoms. The maximum absolute atomic E-state index is 13.5. The number of amides is 1. The van der Waals surface area contributed by atoms with Gasteiger partial charge >= 0.3 is 0 Å². The maximum Gasteiger partial charge on any atom is 0.254 e.